The van der Waals surface area contributed by atoms with E-state index in [2.05, 4.69) is 37.6 Å². The molecule has 2 fully saturated rings. The predicted molar refractivity (Wildman–Crippen MR) is 72.9 cm³/mol. The van der Waals surface area contributed by atoms with Crippen molar-refractivity contribution in [2.45, 2.75) is 11.5 Å². The Bertz CT molecular complexity index is 579. The molecule has 4 rings (SSSR count). The number of aromatic nitrogens is 1. The quantitative estimate of drug-likeness (QED) is 0.812. The van der Waals surface area contributed by atoms with Crippen LogP contribution in [-0.2, 0) is 9.53 Å². The van der Waals surface area contributed by atoms with E-state index in [0.29, 0.717) is 24.9 Å². The van der Waals surface area contributed by atoms with Crippen LogP contribution in [0.3, 0.4) is 0 Å². The highest BCUT2D eigenvalue weighted by atomic mass is 79.9. The van der Waals surface area contributed by atoms with Crippen molar-refractivity contribution in [2.75, 3.05) is 25.6 Å². The fourth-order valence-corrected chi connectivity index (χ4v) is 4.35. The van der Waals surface area contributed by atoms with Crippen molar-refractivity contribution in [1.82, 2.24) is 10.3 Å². The number of fused-ring (bicyclic) bond motifs is 6. The van der Waals surface area contributed by atoms with Gasteiger partial charge in [0, 0.05) is 28.1 Å². The number of likely N-dealkylation sites (N-methyl/N-ethyl adjacent to an activating group) is 1. The van der Waals surface area contributed by atoms with Crippen LogP contribution >= 0.6 is 15.9 Å². The molecule has 4 atom stereocenters. The minimum absolute atomic E-state index is 0.0587. The fourth-order valence-electron chi connectivity index (χ4n) is 4.00. The molecule has 1 aliphatic carbocycles. The Balaban J connectivity index is 1.84. The molecule has 1 saturated heterocycles. The summed E-state index contributed by atoms with van der Waals surface area (Å²) in [6, 6.07) is 2.07. The number of hydrogen-bond acceptors (Lipinski definition) is 4. The van der Waals surface area contributed by atoms with Crippen molar-refractivity contribution >= 4 is 27.7 Å². The highest BCUT2D eigenvalue weighted by Gasteiger charge is 2.68. The minimum Gasteiger partial charge on any atom is -0.379 e. The van der Waals surface area contributed by atoms with Gasteiger partial charge in [0.1, 0.15) is 5.82 Å². The van der Waals surface area contributed by atoms with Gasteiger partial charge in [-0.2, -0.15) is 0 Å². The summed E-state index contributed by atoms with van der Waals surface area (Å²) in [5.74, 6) is 1.26. The normalized spacial score (nSPS) is 38.8. The number of carbonyl (C=O) groups is 1. The molecule has 6 heteroatoms. The molecule has 1 saturated carbocycles. The van der Waals surface area contributed by atoms with Gasteiger partial charge >= 0.3 is 0 Å². The molecule has 1 amide bonds. The number of ether oxygens (including phenoxy) is 1. The van der Waals surface area contributed by atoms with Gasteiger partial charge in [-0.25, -0.2) is 4.98 Å². The van der Waals surface area contributed by atoms with E-state index in [0.717, 1.165) is 10.0 Å². The largest absolute Gasteiger partial charge is 0.379 e. The van der Waals surface area contributed by atoms with Gasteiger partial charge in [-0.15, -0.1) is 0 Å². The SMILES string of the molecule is CN[C@]12COC[C@H]1[C@@H]1c3cc(Br)cnc3NC(=O)[C@@H]12. The number of anilines is 1. The van der Waals surface area contributed by atoms with E-state index in [1.54, 1.807) is 6.20 Å². The van der Waals surface area contributed by atoms with Crippen LogP contribution in [0.4, 0.5) is 5.82 Å². The first kappa shape index (κ1) is 11.8. The first-order valence-electron chi connectivity index (χ1n) is 6.40. The third-order valence-corrected chi connectivity index (χ3v) is 5.31. The molecular formula is C13H14BrN3O2. The Morgan fingerprint density at radius 2 is 2.47 bits per heavy atom. The lowest BCUT2D eigenvalue weighted by molar-refractivity contribution is -0.132. The Labute approximate surface area is 119 Å². The Hall–Kier alpha value is -0.980. The molecule has 5 nitrogen and oxygen atoms in total. The molecule has 0 bridgehead atoms. The van der Waals surface area contributed by atoms with Gasteiger partial charge in [0.15, 0.2) is 0 Å². The number of pyridine rings is 1. The Morgan fingerprint density at radius 3 is 3.26 bits per heavy atom. The maximum absolute atomic E-state index is 12.4. The van der Waals surface area contributed by atoms with E-state index in [4.69, 9.17) is 4.74 Å². The van der Waals surface area contributed by atoms with Crippen LogP contribution in [0.25, 0.3) is 0 Å². The lowest BCUT2D eigenvalue weighted by Gasteiger charge is -2.58. The Morgan fingerprint density at radius 1 is 1.63 bits per heavy atom. The van der Waals surface area contributed by atoms with E-state index in [1.807, 2.05) is 7.05 Å². The third-order valence-electron chi connectivity index (χ3n) is 4.88. The third kappa shape index (κ3) is 1.32. The van der Waals surface area contributed by atoms with Gasteiger partial charge in [0.25, 0.3) is 0 Å². The molecule has 100 valence electrons. The molecule has 0 aromatic carbocycles. The van der Waals surface area contributed by atoms with Crippen molar-refractivity contribution < 1.29 is 9.53 Å². The molecule has 1 aromatic rings. The van der Waals surface area contributed by atoms with Crippen molar-refractivity contribution in [1.29, 1.82) is 0 Å². The number of carbonyl (C=O) groups excluding carboxylic acids is 1. The lowest BCUT2D eigenvalue weighted by Crippen LogP contribution is -2.71. The topological polar surface area (TPSA) is 63.2 Å². The van der Waals surface area contributed by atoms with Crippen LogP contribution in [-0.4, -0.2) is 36.7 Å². The van der Waals surface area contributed by atoms with Crippen LogP contribution in [0.15, 0.2) is 16.7 Å². The average molecular weight is 324 g/mol. The van der Waals surface area contributed by atoms with E-state index in [9.17, 15) is 4.79 Å². The lowest BCUT2D eigenvalue weighted by atomic mass is 9.49. The highest BCUT2D eigenvalue weighted by Crippen LogP contribution is 2.60. The Kier molecular flexibility index (Phi) is 2.35. The zero-order chi connectivity index (χ0) is 13.2. The van der Waals surface area contributed by atoms with Gasteiger partial charge in [-0.05, 0) is 29.0 Å². The summed E-state index contributed by atoms with van der Waals surface area (Å²) >= 11 is 3.46. The number of amides is 1. The molecule has 3 heterocycles. The van der Waals surface area contributed by atoms with Gasteiger partial charge in [0.05, 0.1) is 24.7 Å². The molecule has 19 heavy (non-hydrogen) atoms. The van der Waals surface area contributed by atoms with Gasteiger partial charge < -0.3 is 15.4 Å². The second kappa shape index (κ2) is 3.77. The second-order valence-electron chi connectivity index (χ2n) is 5.50. The number of rotatable bonds is 1. The number of halogens is 1. The summed E-state index contributed by atoms with van der Waals surface area (Å²) in [7, 11) is 1.92. The van der Waals surface area contributed by atoms with Crippen molar-refractivity contribution in [2.24, 2.45) is 11.8 Å². The zero-order valence-electron chi connectivity index (χ0n) is 10.4. The summed E-state index contributed by atoms with van der Waals surface area (Å²) in [5.41, 5.74) is 0.926. The van der Waals surface area contributed by atoms with Gasteiger partial charge in [0.2, 0.25) is 5.91 Å². The fraction of sp³-hybridized carbons (Fsp3) is 0.538. The van der Waals surface area contributed by atoms with Crippen molar-refractivity contribution in [3.8, 4) is 0 Å². The molecule has 0 radical (unpaired) electrons. The minimum atomic E-state index is -0.200. The summed E-state index contributed by atoms with van der Waals surface area (Å²) in [6.45, 7) is 1.32. The molecule has 2 aliphatic heterocycles. The summed E-state index contributed by atoms with van der Waals surface area (Å²) in [4.78, 5) is 16.7. The summed E-state index contributed by atoms with van der Waals surface area (Å²) < 4.78 is 6.58. The van der Waals surface area contributed by atoms with Gasteiger partial charge in [-0.3, -0.25) is 4.79 Å². The van der Waals surface area contributed by atoms with Crippen LogP contribution in [0, 0.1) is 11.8 Å². The molecular weight excluding hydrogens is 310 g/mol. The predicted octanol–water partition coefficient (Wildman–Crippen LogP) is 1.11. The van der Waals surface area contributed by atoms with Crippen molar-refractivity contribution in [3.63, 3.8) is 0 Å². The molecule has 0 spiro atoms. The van der Waals surface area contributed by atoms with E-state index in [-0.39, 0.29) is 23.3 Å². The first-order chi connectivity index (χ1) is 9.17. The van der Waals surface area contributed by atoms with E-state index >= 15 is 0 Å². The maximum atomic E-state index is 12.4. The molecule has 0 unspecified atom stereocenters. The first-order valence-corrected chi connectivity index (χ1v) is 7.19. The standard InChI is InChI=1S/C13H14BrN3O2/c1-15-13-5-19-4-8(13)9-7-2-6(14)3-16-11(7)17-12(18)10(9)13/h2-3,8-10,15H,4-5H2,1H3,(H,16,17,18)/t8-,9-,10+,13+/m0/s1. The highest BCUT2D eigenvalue weighted by molar-refractivity contribution is 9.10. The summed E-state index contributed by atoms with van der Waals surface area (Å²) in [6.07, 6.45) is 1.72. The van der Waals surface area contributed by atoms with Gasteiger partial charge in [-0.1, -0.05) is 0 Å². The molecule has 1 aromatic heterocycles. The average Bonchev–Trinajstić information content (AvgIpc) is 2.72. The summed E-state index contributed by atoms with van der Waals surface area (Å²) in [5, 5.41) is 6.26. The number of nitrogens with zero attached hydrogens (tertiary/aromatic N) is 1. The van der Waals surface area contributed by atoms with E-state index in [1.165, 1.54) is 0 Å². The van der Waals surface area contributed by atoms with Crippen LogP contribution in [0.2, 0.25) is 0 Å². The maximum Gasteiger partial charge on any atom is 0.231 e. The monoisotopic (exact) mass is 323 g/mol. The number of hydrogen-bond donors (Lipinski definition) is 2. The molecule has 2 N–H and O–H groups in total. The van der Waals surface area contributed by atoms with Crippen LogP contribution < -0.4 is 10.6 Å². The van der Waals surface area contributed by atoms with Crippen LogP contribution in [0.1, 0.15) is 11.5 Å². The van der Waals surface area contributed by atoms with E-state index < -0.39 is 0 Å². The second-order valence-corrected chi connectivity index (χ2v) is 6.41. The number of nitrogens with one attached hydrogen (secondary N) is 2. The van der Waals surface area contributed by atoms with Crippen LogP contribution in [0.5, 0.6) is 0 Å². The zero-order valence-corrected chi connectivity index (χ0v) is 12.0. The molecule has 3 aliphatic rings. The smallest absolute Gasteiger partial charge is 0.231 e. The van der Waals surface area contributed by atoms with Crippen molar-refractivity contribution in [3.05, 3.63) is 22.3 Å².